The van der Waals surface area contributed by atoms with E-state index in [1.54, 1.807) is 0 Å². The first kappa shape index (κ1) is 15.9. The summed E-state index contributed by atoms with van der Waals surface area (Å²) in [5, 5.41) is 0. The van der Waals surface area contributed by atoms with E-state index in [1.807, 2.05) is 12.1 Å². The highest BCUT2D eigenvalue weighted by molar-refractivity contribution is 9.11. The Bertz CT molecular complexity index is 480. The van der Waals surface area contributed by atoms with Gasteiger partial charge in [0.15, 0.2) is 0 Å². The molecule has 1 fully saturated rings. The topological polar surface area (TPSA) is 70.8 Å². The van der Waals surface area contributed by atoms with Gasteiger partial charge in [0.25, 0.3) is 0 Å². The summed E-state index contributed by atoms with van der Waals surface area (Å²) in [7, 11) is 0. The van der Waals surface area contributed by atoms with Crippen LogP contribution in [-0.2, 0) is 14.3 Å². The van der Waals surface area contributed by atoms with Gasteiger partial charge in [-0.3, -0.25) is 4.79 Å². The molecule has 20 heavy (non-hydrogen) atoms. The second kappa shape index (κ2) is 7.51. The lowest BCUT2D eigenvalue weighted by Gasteiger charge is -2.22. The molecule has 0 aromatic heterocycles. The van der Waals surface area contributed by atoms with Crippen molar-refractivity contribution in [1.82, 2.24) is 0 Å². The molecule has 0 bridgehead atoms. The number of ether oxygens (including phenoxy) is 3. The van der Waals surface area contributed by atoms with Crippen LogP contribution in [0.1, 0.15) is 18.0 Å². The molecule has 1 atom stereocenters. The number of rotatable bonds is 0. The highest BCUT2D eigenvalue weighted by atomic mass is 79.9. The zero-order valence-electron chi connectivity index (χ0n) is 10.7. The molecule has 2 aliphatic heterocycles. The Morgan fingerprint density at radius 1 is 1.10 bits per heavy atom. The summed E-state index contributed by atoms with van der Waals surface area (Å²) in [6.07, 6.45) is 0.232. The van der Waals surface area contributed by atoms with Crippen LogP contribution in [0.25, 0.3) is 0 Å². The molecular weight excluding hydrogens is 394 g/mol. The lowest BCUT2D eigenvalue weighted by molar-refractivity contribution is -0.135. The zero-order chi connectivity index (χ0) is 14.5. The molecule has 2 aliphatic rings. The largest absolute Gasteiger partial charge is 0.425 e. The first-order valence-electron chi connectivity index (χ1n) is 6.18. The number of nitrogens with two attached hydrogens (primary N) is 1. The first-order valence-corrected chi connectivity index (χ1v) is 7.77. The second-order valence-electron chi connectivity index (χ2n) is 4.32. The highest BCUT2D eigenvalue weighted by Crippen LogP contribution is 2.39. The average Bonchev–Trinajstić information content (AvgIpc) is 2.43. The van der Waals surface area contributed by atoms with E-state index in [-0.39, 0.29) is 18.4 Å². The van der Waals surface area contributed by atoms with E-state index in [0.717, 1.165) is 40.9 Å². The summed E-state index contributed by atoms with van der Waals surface area (Å²) in [6.45, 7) is 3.11. The van der Waals surface area contributed by atoms with Crippen LogP contribution in [0.2, 0.25) is 0 Å². The fraction of sp³-hybridized carbons (Fsp3) is 0.462. The lowest BCUT2D eigenvalue weighted by Crippen LogP contribution is -2.25. The van der Waals surface area contributed by atoms with Crippen molar-refractivity contribution in [2.24, 2.45) is 5.73 Å². The molecule has 2 heterocycles. The van der Waals surface area contributed by atoms with E-state index in [9.17, 15) is 4.79 Å². The lowest BCUT2D eigenvalue weighted by atomic mass is 10.0. The quantitative estimate of drug-likeness (QED) is 0.527. The minimum atomic E-state index is -0.284. The number of esters is 1. The van der Waals surface area contributed by atoms with Gasteiger partial charge in [0, 0.05) is 16.1 Å². The van der Waals surface area contributed by atoms with E-state index in [1.165, 1.54) is 0 Å². The van der Waals surface area contributed by atoms with Gasteiger partial charge in [0.1, 0.15) is 5.75 Å². The minimum Gasteiger partial charge on any atom is -0.425 e. The smallest absolute Gasteiger partial charge is 0.313 e. The molecular formula is C13H15Br2NO4. The van der Waals surface area contributed by atoms with E-state index < -0.39 is 0 Å². The summed E-state index contributed by atoms with van der Waals surface area (Å²) >= 11 is 6.68. The predicted octanol–water partition coefficient (Wildman–Crippen LogP) is 2.55. The number of benzene rings is 1. The van der Waals surface area contributed by atoms with Crippen molar-refractivity contribution in [1.29, 1.82) is 0 Å². The molecule has 0 amide bonds. The van der Waals surface area contributed by atoms with Crippen molar-refractivity contribution < 1.29 is 19.0 Å². The molecule has 0 radical (unpaired) electrons. The van der Waals surface area contributed by atoms with Crippen molar-refractivity contribution in [2.75, 3.05) is 26.4 Å². The molecule has 1 unspecified atom stereocenters. The Labute approximate surface area is 134 Å². The minimum absolute atomic E-state index is 0.232. The Balaban J connectivity index is 0.000000205. The van der Waals surface area contributed by atoms with Crippen LogP contribution in [-0.4, -0.2) is 32.4 Å². The summed E-state index contributed by atoms with van der Waals surface area (Å²) < 4.78 is 16.6. The molecule has 0 aliphatic carbocycles. The fourth-order valence-electron chi connectivity index (χ4n) is 1.85. The van der Waals surface area contributed by atoms with Gasteiger partial charge in [0.2, 0.25) is 0 Å². The molecule has 7 heteroatoms. The van der Waals surface area contributed by atoms with Gasteiger partial charge in [-0.05, 0) is 28.1 Å². The van der Waals surface area contributed by atoms with Crippen molar-refractivity contribution in [3.63, 3.8) is 0 Å². The SMILES string of the molecule is C1COCCO1.NC1CC(=O)Oc2c(Br)cc(Br)cc21. The van der Waals surface area contributed by atoms with Gasteiger partial charge in [-0.15, -0.1) is 0 Å². The Morgan fingerprint density at radius 2 is 1.70 bits per heavy atom. The number of carbonyl (C=O) groups excluding carboxylic acids is 1. The Morgan fingerprint density at radius 3 is 2.25 bits per heavy atom. The summed E-state index contributed by atoms with van der Waals surface area (Å²) in [5.41, 5.74) is 6.68. The molecule has 1 aromatic carbocycles. The summed E-state index contributed by atoms with van der Waals surface area (Å²) in [5.74, 6) is 0.255. The number of carbonyl (C=O) groups is 1. The van der Waals surface area contributed by atoms with Crippen LogP contribution in [0, 0.1) is 0 Å². The third-order valence-corrected chi connectivity index (χ3v) is 3.83. The Hall–Kier alpha value is -0.470. The van der Waals surface area contributed by atoms with Crippen LogP contribution in [0.5, 0.6) is 5.75 Å². The molecule has 2 N–H and O–H groups in total. The van der Waals surface area contributed by atoms with E-state index in [0.29, 0.717) is 5.75 Å². The van der Waals surface area contributed by atoms with Gasteiger partial charge >= 0.3 is 5.97 Å². The number of hydrogen-bond donors (Lipinski definition) is 1. The third kappa shape index (κ3) is 4.26. The maximum absolute atomic E-state index is 11.1. The van der Waals surface area contributed by atoms with Crippen molar-refractivity contribution >= 4 is 37.8 Å². The maximum atomic E-state index is 11.1. The summed E-state index contributed by atoms with van der Waals surface area (Å²) in [4.78, 5) is 11.1. The molecule has 1 aromatic rings. The fourth-order valence-corrected chi connectivity index (χ4v) is 3.19. The molecule has 1 saturated heterocycles. The molecule has 0 saturated carbocycles. The van der Waals surface area contributed by atoms with Crippen LogP contribution >= 0.6 is 31.9 Å². The van der Waals surface area contributed by atoms with Gasteiger partial charge in [-0.25, -0.2) is 0 Å². The number of hydrogen-bond acceptors (Lipinski definition) is 5. The number of fused-ring (bicyclic) bond motifs is 1. The van der Waals surface area contributed by atoms with Crippen molar-refractivity contribution in [2.45, 2.75) is 12.5 Å². The van der Waals surface area contributed by atoms with Gasteiger partial charge in [-0.2, -0.15) is 0 Å². The zero-order valence-corrected chi connectivity index (χ0v) is 13.9. The van der Waals surface area contributed by atoms with Gasteiger partial charge in [0.05, 0.1) is 37.3 Å². The van der Waals surface area contributed by atoms with Crippen molar-refractivity contribution in [3.05, 3.63) is 26.6 Å². The van der Waals surface area contributed by atoms with E-state index in [2.05, 4.69) is 31.9 Å². The summed E-state index contributed by atoms with van der Waals surface area (Å²) in [6, 6.07) is 3.42. The predicted molar refractivity (Wildman–Crippen MR) is 80.7 cm³/mol. The highest BCUT2D eigenvalue weighted by Gasteiger charge is 2.26. The van der Waals surface area contributed by atoms with Crippen molar-refractivity contribution in [3.8, 4) is 5.75 Å². The number of halogens is 2. The third-order valence-electron chi connectivity index (χ3n) is 2.78. The standard InChI is InChI=1S/C9H7Br2NO2.C4H8O2/c10-4-1-5-7(12)3-8(13)14-9(5)6(11)2-4;1-2-6-4-3-5-1/h1-2,7H,3,12H2;1-4H2. The van der Waals surface area contributed by atoms with Crippen LogP contribution < -0.4 is 10.5 Å². The van der Waals surface area contributed by atoms with Gasteiger partial charge < -0.3 is 19.9 Å². The normalized spacial score (nSPS) is 21.4. The molecule has 3 rings (SSSR count). The molecule has 0 spiro atoms. The second-order valence-corrected chi connectivity index (χ2v) is 6.09. The monoisotopic (exact) mass is 407 g/mol. The van der Waals surface area contributed by atoms with E-state index >= 15 is 0 Å². The van der Waals surface area contributed by atoms with Crippen LogP contribution in [0.3, 0.4) is 0 Å². The van der Waals surface area contributed by atoms with Crippen LogP contribution in [0.4, 0.5) is 0 Å². The first-order chi connectivity index (χ1) is 9.58. The molecule has 110 valence electrons. The average molecular weight is 409 g/mol. The van der Waals surface area contributed by atoms with Gasteiger partial charge in [-0.1, -0.05) is 15.9 Å². The Kier molecular flexibility index (Phi) is 5.98. The van der Waals surface area contributed by atoms with E-state index in [4.69, 9.17) is 19.9 Å². The van der Waals surface area contributed by atoms with Crippen LogP contribution in [0.15, 0.2) is 21.1 Å². The maximum Gasteiger partial charge on any atom is 0.313 e. The molecule has 5 nitrogen and oxygen atoms in total.